The fourth-order valence-electron chi connectivity index (χ4n) is 3.81. The number of carboxylic acid groups (broad SMARTS) is 1. The molecule has 3 aromatic rings. The van der Waals surface area contributed by atoms with E-state index in [2.05, 4.69) is 34.8 Å². The Hall–Kier alpha value is -3.73. The number of carbonyl (C=O) groups excluding carboxylic acids is 2. The zero-order valence-corrected chi connectivity index (χ0v) is 15.6. The van der Waals surface area contributed by atoms with E-state index in [1.807, 2.05) is 36.4 Å². The summed E-state index contributed by atoms with van der Waals surface area (Å²) in [5, 5.41) is 14.8. The molecular formula is C24H19N2O3-. The van der Waals surface area contributed by atoms with Crippen molar-refractivity contribution in [1.29, 1.82) is 0 Å². The molecule has 0 unspecified atom stereocenters. The number of hydrogen-bond donors (Lipinski definition) is 1. The predicted molar refractivity (Wildman–Crippen MR) is 108 cm³/mol. The summed E-state index contributed by atoms with van der Waals surface area (Å²) >= 11 is 0. The number of rotatable bonds is 6. The summed E-state index contributed by atoms with van der Waals surface area (Å²) in [4.78, 5) is 23.6. The Morgan fingerprint density at radius 2 is 1.45 bits per heavy atom. The molecule has 1 fully saturated rings. The van der Waals surface area contributed by atoms with Gasteiger partial charge in [0.25, 0.3) is 0 Å². The summed E-state index contributed by atoms with van der Waals surface area (Å²) in [5.74, 6) is -1.57. The van der Waals surface area contributed by atoms with Crippen molar-refractivity contribution in [2.75, 3.05) is 0 Å². The lowest BCUT2D eigenvalue weighted by molar-refractivity contribution is -0.255. The van der Waals surface area contributed by atoms with Crippen LogP contribution in [0.2, 0.25) is 0 Å². The molecule has 0 aliphatic heterocycles. The SMILES string of the molecule is O=C([O-])c1ccc(C=NNC(=O)[C@@H]2CC2(c2ccccc2)c2ccccc2)cc1. The normalized spacial score (nSPS) is 17.0. The first-order valence-corrected chi connectivity index (χ1v) is 9.36. The Balaban J connectivity index is 1.49. The molecule has 144 valence electrons. The van der Waals surface area contributed by atoms with Gasteiger partial charge in [-0.25, -0.2) is 5.43 Å². The van der Waals surface area contributed by atoms with Gasteiger partial charge in [0, 0.05) is 5.41 Å². The molecule has 29 heavy (non-hydrogen) atoms. The minimum atomic E-state index is -1.23. The molecule has 5 heteroatoms. The van der Waals surface area contributed by atoms with Crippen LogP contribution in [0.5, 0.6) is 0 Å². The van der Waals surface area contributed by atoms with Gasteiger partial charge in [0.1, 0.15) is 0 Å². The van der Waals surface area contributed by atoms with Gasteiger partial charge in [0.2, 0.25) is 5.91 Å². The number of benzene rings is 3. The smallest absolute Gasteiger partial charge is 0.244 e. The summed E-state index contributed by atoms with van der Waals surface area (Å²) in [6.45, 7) is 0. The molecule has 4 rings (SSSR count). The summed E-state index contributed by atoms with van der Waals surface area (Å²) in [6.07, 6.45) is 2.22. The van der Waals surface area contributed by atoms with E-state index in [-0.39, 0.29) is 22.8 Å². The van der Waals surface area contributed by atoms with Gasteiger partial charge >= 0.3 is 0 Å². The monoisotopic (exact) mass is 383 g/mol. The first-order valence-electron chi connectivity index (χ1n) is 9.36. The van der Waals surface area contributed by atoms with Crippen LogP contribution in [0.15, 0.2) is 90.0 Å². The van der Waals surface area contributed by atoms with Crippen LogP contribution in [0.1, 0.15) is 33.5 Å². The molecule has 1 aliphatic carbocycles. The van der Waals surface area contributed by atoms with Crippen molar-refractivity contribution in [3.63, 3.8) is 0 Å². The van der Waals surface area contributed by atoms with E-state index < -0.39 is 5.97 Å². The second-order valence-corrected chi connectivity index (χ2v) is 7.10. The van der Waals surface area contributed by atoms with Crippen LogP contribution in [-0.2, 0) is 10.2 Å². The fourth-order valence-corrected chi connectivity index (χ4v) is 3.81. The maximum Gasteiger partial charge on any atom is 0.244 e. The topological polar surface area (TPSA) is 81.6 Å². The number of nitrogens with one attached hydrogen (secondary N) is 1. The van der Waals surface area contributed by atoms with E-state index >= 15 is 0 Å². The van der Waals surface area contributed by atoms with E-state index in [0.29, 0.717) is 5.56 Å². The maximum absolute atomic E-state index is 12.8. The van der Waals surface area contributed by atoms with E-state index in [1.54, 1.807) is 12.1 Å². The first kappa shape index (κ1) is 18.6. The zero-order chi connectivity index (χ0) is 20.3. The molecule has 0 aromatic heterocycles. The number of nitrogens with zero attached hydrogens (tertiary/aromatic N) is 1. The minimum Gasteiger partial charge on any atom is -0.545 e. The van der Waals surface area contributed by atoms with Gasteiger partial charge in [-0.3, -0.25) is 4.79 Å². The third kappa shape index (κ3) is 3.67. The molecule has 0 radical (unpaired) electrons. The Morgan fingerprint density at radius 3 is 1.97 bits per heavy atom. The molecule has 0 heterocycles. The summed E-state index contributed by atoms with van der Waals surface area (Å²) in [6, 6.07) is 26.2. The van der Waals surface area contributed by atoms with Crippen molar-refractivity contribution in [2.45, 2.75) is 11.8 Å². The maximum atomic E-state index is 12.8. The highest BCUT2D eigenvalue weighted by molar-refractivity contribution is 5.89. The minimum absolute atomic E-state index is 0.0969. The number of amides is 1. The highest BCUT2D eigenvalue weighted by Gasteiger charge is 2.60. The largest absolute Gasteiger partial charge is 0.545 e. The van der Waals surface area contributed by atoms with Gasteiger partial charge in [-0.1, -0.05) is 84.9 Å². The van der Waals surface area contributed by atoms with Crippen LogP contribution in [0.25, 0.3) is 0 Å². The van der Waals surface area contributed by atoms with Crippen LogP contribution in [0, 0.1) is 5.92 Å². The van der Waals surface area contributed by atoms with Crippen molar-refractivity contribution < 1.29 is 14.7 Å². The van der Waals surface area contributed by atoms with Gasteiger partial charge in [-0.15, -0.1) is 0 Å². The van der Waals surface area contributed by atoms with Crippen molar-refractivity contribution in [3.05, 3.63) is 107 Å². The van der Waals surface area contributed by atoms with Crippen LogP contribution < -0.4 is 10.5 Å². The second kappa shape index (κ2) is 7.72. The molecule has 1 amide bonds. The lowest BCUT2D eigenvalue weighted by Crippen LogP contribution is -2.25. The van der Waals surface area contributed by atoms with Gasteiger partial charge in [0.05, 0.1) is 18.1 Å². The van der Waals surface area contributed by atoms with Gasteiger partial charge < -0.3 is 9.90 Å². The van der Waals surface area contributed by atoms with E-state index in [1.165, 1.54) is 18.3 Å². The van der Waals surface area contributed by atoms with Crippen LogP contribution in [-0.4, -0.2) is 18.1 Å². The molecule has 0 saturated heterocycles. The van der Waals surface area contributed by atoms with E-state index in [9.17, 15) is 14.7 Å². The van der Waals surface area contributed by atoms with E-state index in [0.717, 1.165) is 17.5 Å². The third-order valence-corrected chi connectivity index (χ3v) is 5.39. The number of hydrazone groups is 1. The summed E-state index contributed by atoms with van der Waals surface area (Å²) in [7, 11) is 0. The average molecular weight is 383 g/mol. The Bertz CT molecular complexity index is 1010. The van der Waals surface area contributed by atoms with Gasteiger partial charge in [0.15, 0.2) is 0 Å². The number of hydrogen-bond acceptors (Lipinski definition) is 4. The van der Waals surface area contributed by atoms with Crippen LogP contribution >= 0.6 is 0 Å². The standard InChI is InChI=1S/C24H20N2O3/c27-22(26-25-16-17-11-13-18(14-12-17)23(28)29)21-15-24(21,19-7-3-1-4-8-19)20-9-5-2-6-10-20/h1-14,16,21H,15H2,(H,26,27)(H,28,29)/p-1/t21-/m0/s1. The molecule has 0 spiro atoms. The highest BCUT2D eigenvalue weighted by atomic mass is 16.4. The Kier molecular flexibility index (Phi) is 4.96. The Morgan fingerprint density at radius 1 is 0.897 bits per heavy atom. The summed E-state index contributed by atoms with van der Waals surface area (Å²) < 4.78 is 0. The predicted octanol–water partition coefficient (Wildman–Crippen LogP) is 2.51. The molecule has 0 bridgehead atoms. The van der Waals surface area contributed by atoms with Crippen molar-refractivity contribution in [2.24, 2.45) is 11.0 Å². The number of carboxylic acids is 1. The van der Waals surface area contributed by atoms with Crippen molar-refractivity contribution in [1.82, 2.24) is 5.43 Å². The Labute approximate surface area is 168 Å². The summed E-state index contributed by atoms with van der Waals surface area (Å²) in [5.41, 5.74) is 5.31. The lowest BCUT2D eigenvalue weighted by atomic mass is 9.85. The van der Waals surface area contributed by atoms with Crippen molar-refractivity contribution in [3.8, 4) is 0 Å². The fraction of sp³-hybridized carbons (Fsp3) is 0.125. The molecule has 1 aliphatic rings. The van der Waals surface area contributed by atoms with Crippen LogP contribution in [0.3, 0.4) is 0 Å². The third-order valence-electron chi connectivity index (χ3n) is 5.39. The quantitative estimate of drug-likeness (QED) is 0.525. The first-order chi connectivity index (χ1) is 14.1. The number of carbonyl (C=O) groups is 2. The average Bonchev–Trinajstić information content (AvgIpc) is 3.52. The van der Waals surface area contributed by atoms with Gasteiger partial charge in [-0.05, 0) is 28.7 Å². The second-order valence-electron chi connectivity index (χ2n) is 7.10. The lowest BCUT2D eigenvalue weighted by Gasteiger charge is -2.18. The van der Waals surface area contributed by atoms with Gasteiger partial charge in [-0.2, -0.15) is 5.10 Å². The molecule has 1 saturated carbocycles. The van der Waals surface area contributed by atoms with E-state index in [4.69, 9.17) is 0 Å². The molecule has 5 nitrogen and oxygen atoms in total. The molecule has 3 aromatic carbocycles. The zero-order valence-electron chi connectivity index (χ0n) is 15.6. The molecule has 1 atom stereocenters. The van der Waals surface area contributed by atoms with Crippen LogP contribution in [0.4, 0.5) is 0 Å². The number of aromatic carboxylic acids is 1. The molecular weight excluding hydrogens is 364 g/mol. The van der Waals surface area contributed by atoms with Crippen molar-refractivity contribution >= 4 is 18.1 Å². The molecule has 1 N–H and O–H groups in total. The highest BCUT2D eigenvalue weighted by Crippen LogP contribution is 2.58.